The summed E-state index contributed by atoms with van der Waals surface area (Å²) in [6.45, 7) is 3.50. The molecule has 3 aromatic rings. The minimum absolute atomic E-state index is 0.142. The van der Waals surface area contributed by atoms with Crippen molar-refractivity contribution in [3.05, 3.63) is 84.9 Å². The summed E-state index contributed by atoms with van der Waals surface area (Å²) in [5, 5.41) is 0. The molecule has 0 unspecified atom stereocenters. The normalized spacial score (nSPS) is 13.5. The van der Waals surface area contributed by atoms with Crippen molar-refractivity contribution in [2.24, 2.45) is 5.92 Å². The van der Waals surface area contributed by atoms with Gasteiger partial charge >= 0.3 is 5.97 Å². The fraction of sp³-hybridized carbons (Fsp3) is 0.276. The largest absolute Gasteiger partial charge is 0.482 e. The molecule has 0 amide bonds. The van der Waals surface area contributed by atoms with E-state index in [0.29, 0.717) is 11.7 Å². The molecule has 4 heteroatoms. The van der Waals surface area contributed by atoms with E-state index in [1.807, 2.05) is 38.1 Å². The Bertz CT molecular complexity index is 1070. The number of hydrogen-bond acceptors (Lipinski definition) is 3. The summed E-state index contributed by atoms with van der Waals surface area (Å²) in [5.74, 6) is 6.98. The lowest BCUT2D eigenvalue weighted by Crippen LogP contribution is -2.29. The van der Waals surface area contributed by atoms with Crippen LogP contribution in [-0.4, -0.2) is 18.2 Å². The van der Waals surface area contributed by atoms with Crippen LogP contribution in [0.2, 0.25) is 0 Å². The maximum atomic E-state index is 12.3. The second-order valence-electron chi connectivity index (χ2n) is 8.57. The Hall–Kier alpha value is -3.16. The molecule has 0 radical (unpaired) electrons. The van der Waals surface area contributed by atoms with Gasteiger partial charge in [-0.25, -0.2) is 4.79 Å². The van der Waals surface area contributed by atoms with Crippen molar-refractivity contribution in [2.45, 2.75) is 53.4 Å². The predicted molar refractivity (Wildman–Crippen MR) is 132 cm³/mol. The summed E-state index contributed by atoms with van der Waals surface area (Å²) in [5.41, 5.74) is -0.806. The molecule has 0 aliphatic heterocycles. The highest BCUT2D eigenvalue weighted by Crippen LogP contribution is 2.32. The number of esters is 1. The molecular formula is C29H29O3S+. The third-order valence-electron chi connectivity index (χ3n) is 5.43. The second kappa shape index (κ2) is 10.6. The Morgan fingerprint density at radius 3 is 1.94 bits per heavy atom. The van der Waals surface area contributed by atoms with Crippen LogP contribution in [0.25, 0.3) is 0 Å². The SMILES string of the molecule is CC(C)(C#CC1CCC1)OC(=O)COc1ccc([S+](c2ccccc2)c2ccccc2)cc1. The van der Waals surface area contributed by atoms with Gasteiger partial charge in [-0.15, -0.1) is 0 Å². The van der Waals surface area contributed by atoms with E-state index in [-0.39, 0.29) is 17.5 Å². The van der Waals surface area contributed by atoms with Gasteiger partial charge in [-0.05, 0) is 75.2 Å². The smallest absolute Gasteiger partial charge is 0.345 e. The molecule has 1 saturated carbocycles. The summed E-state index contributed by atoms with van der Waals surface area (Å²) < 4.78 is 11.2. The highest BCUT2D eigenvalue weighted by molar-refractivity contribution is 7.97. The third kappa shape index (κ3) is 6.43. The number of carbonyl (C=O) groups is 1. The van der Waals surface area contributed by atoms with Crippen molar-refractivity contribution in [2.75, 3.05) is 6.61 Å². The number of hydrogen-bond donors (Lipinski definition) is 0. The lowest BCUT2D eigenvalue weighted by Gasteiger charge is -2.22. The van der Waals surface area contributed by atoms with Crippen molar-refractivity contribution in [1.29, 1.82) is 0 Å². The van der Waals surface area contributed by atoms with E-state index in [0.717, 1.165) is 12.8 Å². The molecule has 0 atom stereocenters. The van der Waals surface area contributed by atoms with E-state index < -0.39 is 11.6 Å². The van der Waals surface area contributed by atoms with Gasteiger partial charge in [0.1, 0.15) is 5.75 Å². The molecule has 0 heterocycles. The van der Waals surface area contributed by atoms with Gasteiger partial charge in [0.25, 0.3) is 0 Å². The van der Waals surface area contributed by atoms with Crippen LogP contribution < -0.4 is 4.74 Å². The zero-order chi connectivity index (χ0) is 23.1. The Morgan fingerprint density at radius 1 is 0.879 bits per heavy atom. The number of ether oxygens (including phenoxy) is 2. The highest BCUT2D eigenvalue weighted by atomic mass is 32.2. The first-order valence-corrected chi connectivity index (χ1v) is 12.5. The molecule has 1 aliphatic carbocycles. The summed E-state index contributed by atoms with van der Waals surface area (Å²) >= 11 is 0. The van der Waals surface area contributed by atoms with Crippen molar-refractivity contribution in [3.63, 3.8) is 0 Å². The molecule has 33 heavy (non-hydrogen) atoms. The zero-order valence-electron chi connectivity index (χ0n) is 19.1. The van der Waals surface area contributed by atoms with Gasteiger partial charge in [0.2, 0.25) is 0 Å². The van der Waals surface area contributed by atoms with Crippen LogP contribution in [0, 0.1) is 17.8 Å². The first-order valence-electron chi connectivity index (χ1n) is 11.3. The average Bonchev–Trinajstić information content (AvgIpc) is 2.79. The van der Waals surface area contributed by atoms with E-state index in [2.05, 4.69) is 72.5 Å². The fourth-order valence-corrected chi connectivity index (χ4v) is 5.59. The molecule has 3 aromatic carbocycles. The minimum atomic E-state index is -0.806. The third-order valence-corrected chi connectivity index (χ3v) is 7.66. The summed E-state index contributed by atoms with van der Waals surface area (Å²) in [6, 6.07) is 28.9. The summed E-state index contributed by atoms with van der Waals surface area (Å²) in [4.78, 5) is 16.0. The van der Waals surface area contributed by atoms with E-state index in [1.165, 1.54) is 21.1 Å². The van der Waals surface area contributed by atoms with E-state index in [4.69, 9.17) is 9.47 Å². The molecule has 3 nitrogen and oxygen atoms in total. The van der Waals surface area contributed by atoms with Crippen molar-refractivity contribution in [1.82, 2.24) is 0 Å². The lowest BCUT2D eigenvalue weighted by molar-refractivity contribution is -0.154. The van der Waals surface area contributed by atoms with Crippen LogP contribution in [-0.2, 0) is 20.4 Å². The summed E-state index contributed by atoms with van der Waals surface area (Å²) in [6.07, 6.45) is 3.53. The van der Waals surface area contributed by atoms with E-state index >= 15 is 0 Å². The maximum absolute atomic E-state index is 12.3. The van der Waals surface area contributed by atoms with Gasteiger partial charge in [0.05, 0.1) is 10.9 Å². The van der Waals surface area contributed by atoms with Crippen molar-refractivity contribution < 1.29 is 14.3 Å². The second-order valence-corrected chi connectivity index (χ2v) is 10.6. The van der Waals surface area contributed by atoms with Crippen LogP contribution >= 0.6 is 0 Å². The van der Waals surface area contributed by atoms with E-state index in [1.54, 1.807) is 0 Å². The van der Waals surface area contributed by atoms with Crippen LogP contribution in [0.1, 0.15) is 33.1 Å². The van der Waals surface area contributed by atoms with Crippen molar-refractivity contribution in [3.8, 4) is 17.6 Å². The quantitative estimate of drug-likeness (QED) is 0.238. The Kier molecular flexibility index (Phi) is 7.42. The first-order chi connectivity index (χ1) is 16.0. The highest BCUT2D eigenvalue weighted by Gasteiger charge is 2.28. The molecule has 1 aliphatic rings. The molecule has 4 rings (SSSR count). The first kappa shape index (κ1) is 23.0. The molecular weight excluding hydrogens is 428 g/mol. The number of rotatable bonds is 7. The molecule has 1 fully saturated rings. The molecule has 168 valence electrons. The van der Waals surface area contributed by atoms with Gasteiger partial charge in [-0.3, -0.25) is 0 Å². The molecule has 0 aromatic heterocycles. The fourth-order valence-electron chi connectivity index (χ4n) is 3.50. The zero-order valence-corrected chi connectivity index (χ0v) is 19.9. The standard InChI is InChI=1S/C29H29O3S/c1-29(2,21-20-23-10-9-11-23)32-28(30)22-31-24-16-18-27(19-17-24)33(25-12-5-3-6-13-25)26-14-7-4-8-15-26/h3-8,12-19,23H,9-11,22H2,1-2H3/q+1. The lowest BCUT2D eigenvalue weighted by atomic mass is 9.85. The van der Waals surface area contributed by atoms with Crippen LogP contribution in [0.3, 0.4) is 0 Å². The van der Waals surface area contributed by atoms with E-state index in [9.17, 15) is 4.79 Å². The molecule has 0 spiro atoms. The predicted octanol–water partition coefficient (Wildman–Crippen LogP) is 6.29. The average molecular weight is 458 g/mol. The van der Waals surface area contributed by atoms with Crippen molar-refractivity contribution >= 4 is 16.9 Å². The Labute approximate surface area is 199 Å². The molecule has 0 N–H and O–H groups in total. The van der Waals surface area contributed by atoms with Gasteiger partial charge < -0.3 is 9.47 Å². The minimum Gasteiger partial charge on any atom is -0.482 e. The Morgan fingerprint density at radius 2 is 1.42 bits per heavy atom. The number of carbonyl (C=O) groups excluding carboxylic acids is 1. The van der Waals surface area contributed by atoms with Gasteiger partial charge in [0.15, 0.2) is 26.9 Å². The van der Waals surface area contributed by atoms with Crippen LogP contribution in [0.5, 0.6) is 5.75 Å². The maximum Gasteiger partial charge on any atom is 0.345 e. The monoisotopic (exact) mass is 457 g/mol. The van der Waals surface area contributed by atoms with Gasteiger partial charge in [-0.1, -0.05) is 54.7 Å². The molecule has 0 saturated heterocycles. The molecule has 0 bridgehead atoms. The van der Waals surface area contributed by atoms with Crippen LogP contribution in [0.4, 0.5) is 0 Å². The van der Waals surface area contributed by atoms with Gasteiger partial charge in [0, 0.05) is 5.92 Å². The topological polar surface area (TPSA) is 35.5 Å². The Balaban J connectivity index is 1.40. The van der Waals surface area contributed by atoms with Crippen LogP contribution in [0.15, 0.2) is 99.6 Å². The van der Waals surface area contributed by atoms with Gasteiger partial charge in [-0.2, -0.15) is 0 Å². The summed E-state index contributed by atoms with van der Waals surface area (Å²) in [7, 11) is -0.214. The number of benzene rings is 3.